The smallest absolute Gasteiger partial charge is 0.221 e. The molecule has 0 spiro atoms. The number of ether oxygens (including phenoxy) is 1. The number of hydrogen-bond donors (Lipinski definition) is 2. The Kier molecular flexibility index (Phi) is 5.21. The first-order valence-electron chi connectivity index (χ1n) is 6.91. The van der Waals surface area contributed by atoms with Crippen molar-refractivity contribution in [3.05, 3.63) is 29.8 Å². The van der Waals surface area contributed by atoms with Gasteiger partial charge in [0, 0.05) is 25.6 Å². The Morgan fingerprint density at radius 1 is 1.32 bits per heavy atom. The van der Waals surface area contributed by atoms with Crippen LogP contribution in [0.15, 0.2) is 24.3 Å². The molecule has 1 fully saturated rings. The summed E-state index contributed by atoms with van der Waals surface area (Å²) < 4.78 is 5.28. The third-order valence-corrected chi connectivity index (χ3v) is 3.27. The van der Waals surface area contributed by atoms with Gasteiger partial charge in [0.2, 0.25) is 5.91 Å². The normalized spacial score (nSPS) is 14.2. The van der Waals surface area contributed by atoms with Crippen LogP contribution in [0.2, 0.25) is 0 Å². The highest BCUT2D eigenvalue weighted by molar-refractivity contribution is 5.76. The summed E-state index contributed by atoms with van der Waals surface area (Å²) in [6.07, 6.45) is 3.87. The minimum Gasteiger partial charge on any atom is -0.496 e. The van der Waals surface area contributed by atoms with E-state index in [4.69, 9.17) is 4.74 Å². The number of methoxy groups -OCH3 is 1. The molecule has 2 N–H and O–H groups in total. The Balaban J connectivity index is 1.63. The summed E-state index contributed by atoms with van der Waals surface area (Å²) in [7, 11) is 1.67. The Morgan fingerprint density at radius 2 is 2.11 bits per heavy atom. The Morgan fingerprint density at radius 3 is 2.84 bits per heavy atom. The second-order valence-electron chi connectivity index (χ2n) is 4.89. The second-order valence-corrected chi connectivity index (χ2v) is 4.89. The van der Waals surface area contributed by atoms with Crippen LogP contribution >= 0.6 is 0 Å². The van der Waals surface area contributed by atoms with Crippen LogP contribution in [0.25, 0.3) is 0 Å². The van der Waals surface area contributed by atoms with Crippen LogP contribution in [0.4, 0.5) is 0 Å². The molecule has 0 aliphatic heterocycles. The summed E-state index contributed by atoms with van der Waals surface area (Å²) in [5.41, 5.74) is 1.13. The van der Waals surface area contributed by atoms with E-state index in [2.05, 4.69) is 10.6 Å². The first-order valence-corrected chi connectivity index (χ1v) is 6.91. The fourth-order valence-electron chi connectivity index (χ4n) is 2.01. The minimum absolute atomic E-state index is 0.114. The van der Waals surface area contributed by atoms with E-state index in [1.165, 1.54) is 12.8 Å². The van der Waals surface area contributed by atoms with Crippen LogP contribution in [-0.2, 0) is 11.2 Å². The molecule has 19 heavy (non-hydrogen) atoms. The van der Waals surface area contributed by atoms with E-state index in [9.17, 15) is 4.79 Å². The van der Waals surface area contributed by atoms with Crippen molar-refractivity contribution in [1.29, 1.82) is 0 Å². The number of rotatable bonds is 8. The van der Waals surface area contributed by atoms with Crippen molar-refractivity contribution < 1.29 is 9.53 Å². The molecule has 1 saturated carbocycles. The van der Waals surface area contributed by atoms with Gasteiger partial charge < -0.3 is 15.4 Å². The predicted octanol–water partition coefficient (Wildman–Crippen LogP) is 1.50. The SMILES string of the molecule is COc1ccccc1CCNC(=O)CCNC1CC1. The van der Waals surface area contributed by atoms with Gasteiger partial charge in [-0.2, -0.15) is 0 Å². The third-order valence-electron chi connectivity index (χ3n) is 3.27. The lowest BCUT2D eigenvalue weighted by atomic mass is 10.1. The highest BCUT2D eigenvalue weighted by atomic mass is 16.5. The summed E-state index contributed by atoms with van der Waals surface area (Å²) in [6, 6.07) is 8.57. The highest BCUT2D eigenvalue weighted by Gasteiger charge is 2.19. The Bertz CT molecular complexity index is 416. The first-order chi connectivity index (χ1) is 9.29. The number of hydrogen-bond acceptors (Lipinski definition) is 3. The van der Waals surface area contributed by atoms with Crippen LogP contribution in [0.3, 0.4) is 0 Å². The van der Waals surface area contributed by atoms with Gasteiger partial charge in [0.1, 0.15) is 5.75 Å². The van der Waals surface area contributed by atoms with E-state index < -0.39 is 0 Å². The topological polar surface area (TPSA) is 50.4 Å². The van der Waals surface area contributed by atoms with Gasteiger partial charge in [0.15, 0.2) is 0 Å². The predicted molar refractivity (Wildman–Crippen MR) is 75.3 cm³/mol. The number of para-hydroxylation sites is 1. The van der Waals surface area contributed by atoms with Crippen molar-refractivity contribution >= 4 is 5.91 Å². The number of benzene rings is 1. The molecule has 1 aliphatic carbocycles. The standard InChI is InChI=1S/C15H22N2O2/c1-19-14-5-3-2-4-12(14)8-10-17-15(18)9-11-16-13-6-7-13/h2-5,13,16H,6-11H2,1H3,(H,17,18). The zero-order chi connectivity index (χ0) is 13.5. The summed E-state index contributed by atoms with van der Waals surface area (Å²) in [5, 5.41) is 6.28. The van der Waals surface area contributed by atoms with Crippen LogP contribution in [0.5, 0.6) is 5.75 Å². The molecule has 104 valence electrons. The first kappa shape index (κ1) is 13.9. The van der Waals surface area contributed by atoms with E-state index in [1.807, 2.05) is 24.3 Å². The van der Waals surface area contributed by atoms with Crippen molar-refractivity contribution in [2.24, 2.45) is 0 Å². The average Bonchev–Trinajstić information content (AvgIpc) is 3.23. The molecule has 0 heterocycles. The molecule has 2 rings (SSSR count). The van der Waals surface area contributed by atoms with Gasteiger partial charge in [-0.3, -0.25) is 4.79 Å². The molecule has 1 aromatic rings. The molecule has 1 aromatic carbocycles. The monoisotopic (exact) mass is 262 g/mol. The number of nitrogens with one attached hydrogen (secondary N) is 2. The maximum absolute atomic E-state index is 11.6. The largest absolute Gasteiger partial charge is 0.496 e. The zero-order valence-corrected chi connectivity index (χ0v) is 11.4. The van der Waals surface area contributed by atoms with Crippen molar-refractivity contribution in [3.63, 3.8) is 0 Å². The minimum atomic E-state index is 0.114. The maximum atomic E-state index is 11.6. The molecule has 0 atom stereocenters. The summed E-state index contributed by atoms with van der Waals surface area (Å²) in [4.78, 5) is 11.6. The molecule has 1 amide bonds. The molecule has 1 aliphatic rings. The van der Waals surface area contributed by atoms with Gasteiger partial charge >= 0.3 is 0 Å². The fraction of sp³-hybridized carbons (Fsp3) is 0.533. The van der Waals surface area contributed by atoms with Gasteiger partial charge in [-0.25, -0.2) is 0 Å². The Hall–Kier alpha value is -1.55. The molecular weight excluding hydrogens is 240 g/mol. The van der Waals surface area contributed by atoms with E-state index in [0.29, 0.717) is 19.0 Å². The molecule has 0 aromatic heterocycles. The molecule has 0 saturated heterocycles. The molecule has 0 bridgehead atoms. The van der Waals surface area contributed by atoms with Crippen molar-refractivity contribution in [2.75, 3.05) is 20.2 Å². The van der Waals surface area contributed by atoms with Gasteiger partial charge in [0.05, 0.1) is 7.11 Å². The quantitative estimate of drug-likeness (QED) is 0.746. The molecule has 4 heteroatoms. The van der Waals surface area contributed by atoms with Crippen molar-refractivity contribution in [3.8, 4) is 5.75 Å². The van der Waals surface area contributed by atoms with E-state index in [-0.39, 0.29) is 5.91 Å². The zero-order valence-electron chi connectivity index (χ0n) is 11.4. The second kappa shape index (κ2) is 7.14. The number of amides is 1. The lowest BCUT2D eigenvalue weighted by Crippen LogP contribution is -2.29. The van der Waals surface area contributed by atoms with Crippen LogP contribution in [0.1, 0.15) is 24.8 Å². The van der Waals surface area contributed by atoms with E-state index in [0.717, 1.165) is 24.3 Å². The molecule has 0 unspecified atom stereocenters. The Labute approximate surface area is 114 Å². The van der Waals surface area contributed by atoms with E-state index in [1.54, 1.807) is 7.11 Å². The summed E-state index contributed by atoms with van der Waals surface area (Å²) in [6.45, 7) is 1.44. The van der Waals surface area contributed by atoms with Gasteiger partial charge in [0.25, 0.3) is 0 Å². The summed E-state index contributed by atoms with van der Waals surface area (Å²) >= 11 is 0. The summed E-state index contributed by atoms with van der Waals surface area (Å²) in [5.74, 6) is 0.996. The lowest BCUT2D eigenvalue weighted by Gasteiger charge is -2.09. The van der Waals surface area contributed by atoms with Gasteiger partial charge in [-0.1, -0.05) is 18.2 Å². The number of carbonyl (C=O) groups is 1. The van der Waals surface area contributed by atoms with E-state index >= 15 is 0 Å². The molecule has 4 nitrogen and oxygen atoms in total. The molecular formula is C15H22N2O2. The van der Waals surface area contributed by atoms with Crippen molar-refractivity contribution in [2.45, 2.75) is 31.7 Å². The maximum Gasteiger partial charge on any atom is 0.221 e. The van der Waals surface area contributed by atoms with Crippen LogP contribution in [-0.4, -0.2) is 32.1 Å². The highest BCUT2D eigenvalue weighted by Crippen LogP contribution is 2.18. The lowest BCUT2D eigenvalue weighted by molar-refractivity contribution is -0.120. The third kappa shape index (κ3) is 4.91. The van der Waals surface area contributed by atoms with Crippen LogP contribution < -0.4 is 15.4 Å². The fourth-order valence-corrected chi connectivity index (χ4v) is 2.01. The van der Waals surface area contributed by atoms with Crippen molar-refractivity contribution in [1.82, 2.24) is 10.6 Å². The van der Waals surface area contributed by atoms with Gasteiger partial charge in [-0.05, 0) is 30.9 Å². The molecule has 0 radical (unpaired) electrons. The number of carbonyl (C=O) groups excluding carboxylic acids is 1. The van der Waals surface area contributed by atoms with Crippen LogP contribution in [0, 0.1) is 0 Å². The van der Waals surface area contributed by atoms with Gasteiger partial charge in [-0.15, -0.1) is 0 Å². The average molecular weight is 262 g/mol.